The molecule has 0 aliphatic heterocycles. The molecule has 1 amide bonds. The van der Waals surface area contributed by atoms with E-state index in [1.165, 1.54) is 59.9 Å². The molecule has 9 heteroatoms. The summed E-state index contributed by atoms with van der Waals surface area (Å²) in [4.78, 5) is 16.2. The average molecular weight is 417 g/mol. The molecule has 0 saturated heterocycles. The first-order valence-electron chi connectivity index (χ1n) is 8.11. The van der Waals surface area contributed by atoms with Crippen LogP contribution in [0.25, 0.3) is 6.08 Å². The smallest absolute Gasteiger partial charge is 0.261 e. The zero-order valence-electron chi connectivity index (χ0n) is 14.7. The van der Waals surface area contributed by atoms with Crippen LogP contribution in [0.2, 0.25) is 0 Å². The highest BCUT2D eigenvalue weighted by atomic mass is 32.2. The van der Waals surface area contributed by atoms with E-state index in [0.717, 1.165) is 11.1 Å². The van der Waals surface area contributed by atoms with Crippen LogP contribution in [0.4, 0.5) is 15.8 Å². The van der Waals surface area contributed by atoms with E-state index in [0.29, 0.717) is 11.4 Å². The van der Waals surface area contributed by atoms with Crippen LogP contribution in [-0.2, 0) is 14.8 Å². The first kappa shape index (κ1) is 19.7. The number of rotatable bonds is 6. The number of nitrogens with zero attached hydrogens (tertiary/aromatic N) is 1. The Labute approximate surface area is 165 Å². The molecule has 28 heavy (non-hydrogen) atoms. The van der Waals surface area contributed by atoms with Gasteiger partial charge in [-0.3, -0.25) is 9.52 Å². The molecule has 0 fully saturated rings. The minimum atomic E-state index is -3.87. The summed E-state index contributed by atoms with van der Waals surface area (Å²) < 4.78 is 40.3. The fourth-order valence-electron chi connectivity index (χ4n) is 2.29. The topological polar surface area (TPSA) is 88.2 Å². The molecule has 144 valence electrons. The third-order valence-electron chi connectivity index (χ3n) is 3.55. The Morgan fingerprint density at radius 1 is 1.14 bits per heavy atom. The summed E-state index contributed by atoms with van der Waals surface area (Å²) in [5.41, 5.74) is 1.26. The molecule has 3 rings (SSSR count). The molecule has 0 radical (unpaired) electrons. The largest absolute Gasteiger partial charge is 0.323 e. The lowest BCUT2D eigenvalue weighted by Crippen LogP contribution is -2.13. The number of nitrogens with one attached hydrogen (secondary N) is 2. The van der Waals surface area contributed by atoms with Gasteiger partial charge < -0.3 is 5.32 Å². The van der Waals surface area contributed by atoms with Crippen LogP contribution in [0.5, 0.6) is 0 Å². The quantitative estimate of drug-likeness (QED) is 0.593. The number of benzene rings is 2. The van der Waals surface area contributed by atoms with Crippen molar-refractivity contribution in [1.29, 1.82) is 0 Å². The fraction of sp³-hybridized carbons (Fsp3) is 0.0526. The third kappa shape index (κ3) is 5.24. The lowest BCUT2D eigenvalue weighted by atomic mass is 10.3. The molecule has 1 aromatic heterocycles. The summed E-state index contributed by atoms with van der Waals surface area (Å²) in [5, 5.41) is 5.38. The number of anilines is 2. The van der Waals surface area contributed by atoms with Gasteiger partial charge in [0.15, 0.2) is 0 Å². The third-order valence-corrected chi connectivity index (χ3v) is 5.74. The van der Waals surface area contributed by atoms with E-state index in [2.05, 4.69) is 15.0 Å². The Morgan fingerprint density at radius 3 is 2.54 bits per heavy atom. The van der Waals surface area contributed by atoms with Crippen molar-refractivity contribution in [3.63, 3.8) is 0 Å². The summed E-state index contributed by atoms with van der Waals surface area (Å²) in [7, 11) is -3.87. The maximum atomic E-state index is 13.2. The van der Waals surface area contributed by atoms with E-state index >= 15 is 0 Å². The second-order valence-corrected chi connectivity index (χ2v) is 8.50. The Morgan fingerprint density at radius 2 is 1.89 bits per heavy atom. The van der Waals surface area contributed by atoms with Gasteiger partial charge in [-0.25, -0.2) is 17.8 Å². The Hall–Kier alpha value is -3.04. The number of carbonyl (C=O) groups excluding carboxylic acids is 1. The van der Waals surface area contributed by atoms with Crippen molar-refractivity contribution in [3.05, 3.63) is 76.5 Å². The summed E-state index contributed by atoms with van der Waals surface area (Å²) in [5.74, 6) is -0.904. The molecule has 0 aliphatic rings. The van der Waals surface area contributed by atoms with E-state index in [1.54, 1.807) is 6.08 Å². The van der Waals surface area contributed by atoms with Gasteiger partial charge in [0, 0.05) is 17.1 Å². The molecule has 1 heterocycles. The zero-order chi connectivity index (χ0) is 20.1. The summed E-state index contributed by atoms with van der Waals surface area (Å²) in [6.07, 6.45) is 2.95. The van der Waals surface area contributed by atoms with Gasteiger partial charge in [0.25, 0.3) is 10.0 Å². The van der Waals surface area contributed by atoms with Gasteiger partial charge >= 0.3 is 0 Å². The second kappa shape index (κ2) is 8.32. The highest BCUT2D eigenvalue weighted by Crippen LogP contribution is 2.19. The minimum Gasteiger partial charge on any atom is -0.323 e. The summed E-state index contributed by atoms with van der Waals surface area (Å²) in [6, 6.07) is 10.8. The molecule has 0 unspecified atom stereocenters. The Bertz CT molecular complexity index is 1120. The second-order valence-electron chi connectivity index (χ2n) is 5.75. The Balaban J connectivity index is 1.65. The van der Waals surface area contributed by atoms with Gasteiger partial charge in [-0.2, -0.15) is 0 Å². The predicted molar refractivity (Wildman–Crippen MR) is 108 cm³/mol. The van der Waals surface area contributed by atoms with Gasteiger partial charge in [-0.1, -0.05) is 6.07 Å². The molecule has 0 aliphatic carbocycles. The van der Waals surface area contributed by atoms with Crippen molar-refractivity contribution < 1.29 is 17.6 Å². The van der Waals surface area contributed by atoms with Crippen molar-refractivity contribution in [3.8, 4) is 0 Å². The van der Waals surface area contributed by atoms with Crippen LogP contribution in [-0.4, -0.2) is 19.3 Å². The van der Waals surface area contributed by atoms with Crippen LogP contribution in [0.1, 0.15) is 10.7 Å². The number of hydrogen-bond acceptors (Lipinski definition) is 5. The fourth-order valence-corrected chi connectivity index (χ4v) is 3.92. The number of hydrogen-bond donors (Lipinski definition) is 2. The average Bonchev–Trinajstić information content (AvgIpc) is 3.05. The van der Waals surface area contributed by atoms with Crippen molar-refractivity contribution in [2.45, 2.75) is 11.8 Å². The number of carbonyl (C=O) groups is 1. The molecule has 2 aromatic carbocycles. The van der Waals surface area contributed by atoms with E-state index in [9.17, 15) is 17.6 Å². The van der Waals surface area contributed by atoms with Crippen LogP contribution in [0.3, 0.4) is 0 Å². The lowest BCUT2D eigenvalue weighted by Gasteiger charge is -2.09. The lowest BCUT2D eigenvalue weighted by molar-refractivity contribution is -0.111. The zero-order valence-corrected chi connectivity index (χ0v) is 16.4. The van der Waals surface area contributed by atoms with Crippen molar-refractivity contribution in [1.82, 2.24) is 4.98 Å². The maximum absolute atomic E-state index is 13.2. The number of thiazole rings is 1. The highest BCUT2D eigenvalue weighted by molar-refractivity contribution is 7.92. The van der Waals surface area contributed by atoms with Crippen molar-refractivity contribution >= 4 is 44.7 Å². The predicted octanol–water partition coefficient (Wildman–Crippen LogP) is 4.04. The summed E-state index contributed by atoms with van der Waals surface area (Å²) in [6.45, 7) is 1.88. The number of halogens is 1. The number of aryl methyl sites for hydroxylation is 1. The number of aromatic nitrogens is 1. The molecule has 0 spiro atoms. The molecule has 0 atom stereocenters. The van der Waals surface area contributed by atoms with E-state index in [4.69, 9.17) is 0 Å². The molecule has 6 nitrogen and oxygen atoms in total. The van der Waals surface area contributed by atoms with Gasteiger partial charge in [0.2, 0.25) is 5.91 Å². The van der Waals surface area contributed by atoms with Crippen LogP contribution < -0.4 is 10.0 Å². The normalized spacial score (nSPS) is 11.5. The van der Waals surface area contributed by atoms with E-state index in [1.807, 2.05) is 12.3 Å². The van der Waals surface area contributed by atoms with Crippen LogP contribution in [0.15, 0.2) is 64.9 Å². The molecule has 0 saturated carbocycles. The summed E-state index contributed by atoms with van der Waals surface area (Å²) >= 11 is 1.49. The highest BCUT2D eigenvalue weighted by Gasteiger charge is 2.14. The molecule has 2 N–H and O–H groups in total. The van der Waals surface area contributed by atoms with Crippen molar-refractivity contribution in [2.24, 2.45) is 0 Å². The van der Waals surface area contributed by atoms with Crippen LogP contribution >= 0.6 is 11.3 Å². The molecule has 3 aromatic rings. The SMILES string of the molecule is Cc1nc(/C=C/C(=O)Nc2ccc(S(=O)(=O)Nc3cccc(F)c3)cc2)cs1. The molecular formula is C19H16FN3O3S2. The van der Waals surface area contributed by atoms with Gasteiger partial charge in [-0.05, 0) is 55.5 Å². The molecule has 0 bridgehead atoms. The first-order chi connectivity index (χ1) is 13.3. The van der Waals surface area contributed by atoms with Gasteiger partial charge in [0.05, 0.1) is 21.3 Å². The van der Waals surface area contributed by atoms with E-state index < -0.39 is 15.8 Å². The minimum absolute atomic E-state index is 0.0109. The van der Waals surface area contributed by atoms with Crippen LogP contribution in [0, 0.1) is 12.7 Å². The van der Waals surface area contributed by atoms with Gasteiger partial charge in [0.1, 0.15) is 5.82 Å². The molecular weight excluding hydrogens is 401 g/mol. The van der Waals surface area contributed by atoms with E-state index in [-0.39, 0.29) is 16.5 Å². The monoisotopic (exact) mass is 417 g/mol. The first-order valence-corrected chi connectivity index (χ1v) is 10.5. The van der Waals surface area contributed by atoms with Gasteiger partial charge in [-0.15, -0.1) is 11.3 Å². The number of sulfonamides is 1. The Kier molecular flexibility index (Phi) is 5.86. The maximum Gasteiger partial charge on any atom is 0.261 e. The number of amides is 1. The standard InChI is InChI=1S/C19H16FN3O3S2/c1-13-21-17(12-27-13)7-10-19(24)22-15-5-8-18(9-6-15)28(25,26)23-16-4-2-3-14(20)11-16/h2-12,23H,1H3,(H,22,24)/b10-7+. The van der Waals surface area contributed by atoms with Crippen molar-refractivity contribution in [2.75, 3.05) is 10.0 Å².